The summed E-state index contributed by atoms with van der Waals surface area (Å²) in [5.41, 5.74) is 9.91. The van der Waals surface area contributed by atoms with Crippen molar-refractivity contribution < 1.29 is 9.47 Å². The lowest BCUT2D eigenvalue weighted by molar-refractivity contribution is 0.344. The molecular weight excluding hydrogens is 132 g/mol. The Morgan fingerprint density at radius 1 is 0.700 bits per heavy atom. The van der Waals surface area contributed by atoms with Crippen LogP contribution in [0.15, 0.2) is 37.4 Å². The summed E-state index contributed by atoms with van der Waals surface area (Å²) in [5.74, 6) is 0. The maximum absolute atomic E-state index is 4.96. The van der Waals surface area contributed by atoms with Crippen molar-refractivity contribution in [3.63, 3.8) is 0 Å². The van der Waals surface area contributed by atoms with E-state index in [0.29, 0.717) is 0 Å². The minimum atomic E-state index is 1.27. The minimum absolute atomic E-state index is 1.27. The van der Waals surface area contributed by atoms with Gasteiger partial charge in [0, 0.05) is 12.4 Å². The van der Waals surface area contributed by atoms with E-state index in [2.05, 4.69) is 9.47 Å². The Labute approximate surface area is 59.4 Å². The Morgan fingerprint density at radius 3 is 1.40 bits per heavy atom. The van der Waals surface area contributed by atoms with Crippen molar-refractivity contribution in [3.05, 3.63) is 37.4 Å². The van der Waals surface area contributed by atoms with E-state index in [1.165, 1.54) is 37.4 Å². The zero-order chi connectivity index (χ0) is 7.66. The van der Waals surface area contributed by atoms with E-state index in [1.54, 1.807) is 0 Å². The van der Waals surface area contributed by atoms with E-state index in [1.807, 2.05) is 0 Å². The van der Waals surface area contributed by atoms with Gasteiger partial charge in [0.25, 0.3) is 0 Å². The molecule has 56 valence electrons. The summed E-state index contributed by atoms with van der Waals surface area (Å²) in [4.78, 5) is 0. The molecule has 4 nitrogen and oxygen atoms in total. The van der Waals surface area contributed by atoms with E-state index < -0.39 is 0 Å². The quantitative estimate of drug-likeness (QED) is 0.555. The highest BCUT2D eigenvalue weighted by atomic mass is 16.5. The summed E-state index contributed by atoms with van der Waals surface area (Å²) in [6.45, 7) is 0. The standard InChI is InChI=1S/C6H10N2O2/c7-1-3-9-5-6-10-4-2-8/h1-6H,7-8H2. The van der Waals surface area contributed by atoms with Crippen molar-refractivity contribution >= 4 is 0 Å². The van der Waals surface area contributed by atoms with Crippen LogP contribution in [0.1, 0.15) is 0 Å². The van der Waals surface area contributed by atoms with Gasteiger partial charge in [0.1, 0.15) is 25.0 Å². The second-order valence-corrected chi connectivity index (χ2v) is 1.20. The molecule has 0 unspecified atom stereocenters. The topological polar surface area (TPSA) is 70.5 Å². The Balaban J connectivity index is 3.20. The van der Waals surface area contributed by atoms with Gasteiger partial charge in [-0.1, -0.05) is 0 Å². The fourth-order valence-electron chi connectivity index (χ4n) is 0.246. The third-order valence-electron chi connectivity index (χ3n) is 0.527. The van der Waals surface area contributed by atoms with Gasteiger partial charge in [0.2, 0.25) is 0 Å². The molecular formula is C6H10N2O2. The fraction of sp³-hybridized carbons (Fsp3) is 0. The Hall–Kier alpha value is -1.58. The number of rotatable bonds is 4. The summed E-state index contributed by atoms with van der Waals surface area (Å²) in [6, 6.07) is 0. The summed E-state index contributed by atoms with van der Waals surface area (Å²) < 4.78 is 9.29. The smallest absolute Gasteiger partial charge is 0.125 e. The second-order valence-electron chi connectivity index (χ2n) is 1.20. The molecule has 0 aliphatic heterocycles. The van der Waals surface area contributed by atoms with Crippen molar-refractivity contribution in [3.8, 4) is 0 Å². The third-order valence-corrected chi connectivity index (χ3v) is 0.527. The van der Waals surface area contributed by atoms with Gasteiger partial charge in [-0.2, -0.15) is 0 Å². The predicted octanol–water partition coefficient (Wildman–Crippen LogP) is 0.351. The molecule has 0 saturated carbocycles. The van der Waals surface area contributed by atoms with E-state index in [9.17, 15) is 0 Å². The maximum Gasteiger partial charge on any atom is 0.125 e. The average molecular weight is 142 g/mol. The monoisotopic (exact) mass is 142 g/mol. The minimum Gasteiger partial charge on any atom is -0.468 e. The van der Waals surface area contributed by atoms with Crippen molar-refractivity contribution in [2.24, 2.45) is 11.5 Å². The van der Waals surface area contributed by atoms with Crippen molar-refractivity contribution in [1.82, 2.24) is 0 Å². The van der Waals surface area contributed by atoms with E-state index in [-0.39, 0.29) is 0 Å². The summed E-state index contributed by atoms with van der Waals surface area (Å²) in [6.07, 6.45) is 7.80. The summed E-state index contributed by atoms with van der Waals surface area (Å²) >= 11 is 0. The fourth-order valence-corrected chi connectivity index (χ4v) is 0.246. The highest BCUT2D eigenvalue weighted by Gasteiger charge is 1.66. The molecule has 0 aromatic heterocycles. The predicted molar refractivity (Wildman–Crippen MR) is 38.0 cm³/mol. The highest BCUT2D eigenvalue weighted by molar-refractivity contribution is 4.73. The van der Waals surface area contributed by atoms with Crippen molar-refractivity contribution in [2.75, 3.05) is 0 Å². The molecule has 0 spiro atoms. The molecule has 0 atom stereocenters. The summed E-state index contributed by atoms with van der Waals surface area (Å²) in [7, 11) is 0. The van der Waals surface area contributed by atoms with Gasteiger partial charge in [-0.3, -0.25) is 0 Å². The maximum atomic E-state index is 4.96. The Kier molecular flexibility index (Phi) is 6.25. The Morgan fingerprint density at radius 2 is 1.10 bits per heavy atom. The molecule has 0 aliphatic carbocycles. The van der Waals surface area contributed by atoms with Gasteiger partial charge >= 0.3 is 0 Å². The van der Waals surface area contributed by atoms with E-state index >= 15 is 0 Å². The first-order chi connectivity index (χ1) is 4.91. The largest absolute Gasteiger partial charge is 0.468 e. The summed E-state index contributed by atoms with van der Waals surface area (Å²) in [5, 5.41) is 0. The molecule has 0 bridgehead atoms. The molecule has 0 heterocycles. The van der Waals surface area contributed by atoms with Gasteiger partial charge in [0.05, 0.1) is 0 Å². The molecule has 10 heavy (non-hydrogen) atoms. The zero-order valence-corrected chi connectivity index (χ0v) is 5.44. The van der Waals surface area contributed by atoms with Crippen LogP contribution in [-0.2, 0) is 9.47 Å². The molecule has 0 rings (SSSR count). The van der Waals surface area contributed by atoms with Crippen molar-refractivity contribution in [1.29, 1.82) is 0 Å². The molecule has 0 amide bonds. The van der Waals surface area contributed by atoms with Gasteiger partial charge in [-0.05, 0) is 0 Å². The first-order valence-electron chi connectivity index (χ1n) is 2.61. The van der Waals surface area contributed by atoms with Crippen LogP contribution in [0, 0.1) is 0 Å². The van der Waals surface area contributed by atoms with Gasteiger partial charge in [-0.25, -0.2) is 0 Å². The normalized spacial score (nSPS) is 11.6. The lowest BCUT2D eigenvalue weighted by Crippen LogP contribution is -1.78. The molecule has 4 N–H and O–H groups in total. The Bertz CT molecular complexity index is 125. The van der Waals surface area contributed by atoms with Gasteiger partial charge in [-0.15, -0.1) is 0 Å². The SMILES string of the molecule is NC=COC=COC=CN. The van der Waals surface area contributed by atoms with Crippen LogP contribution in [0.2, 0.25) is 0 Å². The van der Waals surface area contributed by atoms with E-state index in [4.69, 9.17) is 11.5 Å². The first-order valence-corrected chi connectivity index (χ1v) is 2.61. The number of hydrogen-bond donors (Lipinski definition) is 2. The molecule has 0 aromatic rings. The van der Waals surface area contributed by atoms with Crippen LogP contribution in [0.25, 0.3) is 0 Å². The van der Waals surface area contributed by atoms with Crippen LogP contribution in [0.5, 0.6) is 0 Å². The third kappa shape index (κ3) is 6.42. The molecule has 0 aromatic carbocycles. The van der Waals surface area contributed by atoms with Crippen LogP contribution in [0.3, 0.4) is 0 Å². The van der Waals surface area contributed by atoms with Gasteiger partial charge in [0.15, 0.2) is 0 Å². The van der Waals surface area contributed by atoms with Crippen LogP contribution < -0.4 is 11.5 Å². The molecule has 4 heteroatoms. The molecule has 0 fully saturated rings. The lowest BCUT2D eigenvalue weighted by Gasteiger charge is -1.88. The average Bonchev–Trinajstić information content (AvgIpc) is 1.97. The van der Waals surface area contributed by atoms with E-state index in [0.717, 1.165) is 0 Å². The molecule has 0 radical (unpaired) electrons. The number of nitrogens with two attached hydrogens (primary N) is 2. The number of ether oxygens (including phenoxy) is 2. The first kappa shape index (κ1) is 8.42. The van der Waals surface area contributed by atoms with Gasteiger partial charge < -0.3 is 20.9 Å². The van der Waals surface area contributed by atoms with Crippen LogP contribution >= 0.6 is 0 Å². The number of hydrogen-bond acceptors (Lipinski definition) is 4. The molecule has 0 saturated heterocycles. The molecule has 0 aliphatic rings. The van der Waals surface area contributed by atoms with Crippen LogP contribution in [0.4, 0.5) is 0 Å². The highest BCUT2D eigenvalue weighted by Crippen LogP contribution is 1.80. The zero-order valence-electron chi connectivity index (χ0n) is 5.44. The second kappa shape index (κ2) is 7.42. The lowest BCUT2D eigenvalue weighted by atomic mass is 10.9. The van der Waals surface area contributed by atoms with Crippen LogP contribution in [-0.4, -0.2) is 0 Å². The van der Waals surface area contributed by atoms with Crippen molar-refractivity contribution in [2.45, 2.75) is 0 Å².